The molecule has 3 heterocycles. The molecule has 1 fully saturated rings. The standard InChI is InChI=1S/C14H17BrN4O5S/c1-8-6-24-4-3-18(8)10-5-9(7-25(2,22)23)19-12(16-10)11(13(20)21)17-14(19)15/h5,8H,3-4,6-7H2,1-2H3,(H,20,21). The highest BCUT2D eigenvalue weighted by Crippen LogP contribution is 2.26. The third-order valence-corrected chi connectivity index (χ3v) is 5.24. The summed E-state index contributed by atoms with van der Waals surface area (Å²) in [6.07, 6.45) is 1.12. The molecule has 25 heavy (non-hydrogen) atoms. The van der Waals surface area contributed by atoms with Crippen molar-refractivity contribution >= 4 is 43.2 Å². The van der Waals surface area contributed by atoms with Crippen LogP contribution in [-0.2, 0) is 20.3 Å². The summed E-state index contributed by atoms with van der Waals surface area (Å²) in [4.78, 5) is 21.9. The molecule has 0 spiro atoms. The largest absolute Gasteiger partial charge is 0.476 e. The van der Waals surface area contributed by atoms with Crippen LogP contribution in [0.25, 0.3) is 5.65 Å². The number of sulfone groups is 1. The first-order valence-corrected chi connectivity index (χ1v) is 10.4. The monoisotopic (exact) mass is 432 g/mol. The van der Waals surface area contributed by atoms with E-state index in [1.54, 1.807) is 6.07 Å². The lowest BCUT2D eigenvalue weighted by Crippen LogP contribution is -2.44. The molecule has 1 unspecified atom stereocenters. The molecule has 0 aliphatic carbocycles. The van der Waals surface area contributed by atoms with Crippen LogP contribution in [-0.4, -0.2) is 65.9 Å². The van der Waals surface area contributed by atoms with Gasteiger partial charge >= 0.3 is 5.97 Å². The molecule has 3 rings (SSSR count). The number of anilines is 1. The number of imidazole rings is 1. The number of morpholine rings is 1. The van der Waals surface area contributed by atoms with Gasteiger partial charge in [-0.05, 0) is 22.9 Å². The zero-order valence-electron chi connectivity index (χ0n) is 13.6. The Kier molecular flexibility index (Phi) is 4.73. The summed E-state index contributed by atoms with van der Waals surface area (Å²) < 4.78 is 30.7. The zero-order valence-corrected chi connectivity index (χ0v) is 16.0. The third kappa shape index (κ3) is 3.62. The maximum Gasteiger partial charge on any atom is 0.358 e. The number of aromatic nitrogens is 3. The van der Waals surface area contributed by atoms with Crippen molar-refractivity contribution in [3.8, 4) is 0 Å². The van der Waals surface area contributed by atoms with Crippen LogP contribution in [0.5, 0.6) is 0 Å². The Labute approximate surface area is 152 Å². The summed E-state index contributed by atoms with van der Waals surface area (Å²) in [5, 5.41) is 9.38. The average Bonchev–Trinajstić information content (AvgIpc) is 2.83. The number of carboxylic acid groups (broad SMARTS) is 1. The number of hydrogen-bond donors (Lipinski definition) is 1. The molecule has 0 aromatic carbocycles. The number of hydrogen-bond acceptors (Lipinski definition) is 7. The molecule has 136 valence electrons. The molecular formula is C14H17BrN4O5S. The fourth-order valence-corrected chi connectivity index (χ4v) is 4.15. The van der Waals surface area contributed by atoms with Crippen LogP contribution in [0.15, 0.2) is 10.8 Å². The first kappa shape index (κ1) is 18.1. The Hall–Kier alpha value is -1.72. The van der Waals surface area contributed by atoms with E-state index < -0.39 is 15.8 Å². The predicted octanol–water partition coefficient (Wildman–Crippen LogP) is 0.960. The van der Waals surface area contributed by atoms with E-state index in [4.69, 9.17) is 4.74 Å². The van der Waals surface area contributed by atoms with Crippen molar-refractivity contribution in [2.45, 2.75) is 18.7 Å². The molecule has 1 saturated heterocycles. The van der Waals surface area contributed by atoms with E-state index in [0.29, 0.717) is 31.3 Å². The topological polar surface area (TPSA) is 114 Å². The zero-order chi connectivity index (χ0) is 18.4. The van der Waals surface area contributed by atoms with E-state index in [2.05, 4.69) is 25.9 Å². The van der Waals surface area contributed by atoms with Crippen LogP contribution in [0.3, 0.4) is 0 Å². The number of carboxylic acids is 1. The Morgan fingerprint density at radius 2 is 2.20 bits per heavy atom. The number of nitrogens with zero attached hydrogens (tertiary/aromatic N) is 4. The van der Waals surface area contributed by atoms with Crippen LogP contribution >= 0.6 is 15.9 Å². The van der Waals surface area contributed by atoms with Gasteiger partial charge in [0.1, 0.15) is 5.82 Å². The number of rotatable bonds is 4. The molecule has 2 aromatic rings. The van der Waals surface area contributed by atoms with Gasteiger partial charge in [0, 0.05) is 24.6 Å². The number of fused-ring (bicyclic) bond motifs is 1. The van der Waals surface area contributed by atoms with Gasteiger partial charge in [0.25, 0.3) is 0 Å². The number of aromatic carboxylic acids is 1. The van der Waals surface area contributed by atoms with Crippen molar-refractivity contribution in [1.82, 2.24) is 14.4 Å². The highest BCUT2D eigenvalue weighted by molar-refractivity contribution is 9.10. The summed E-state index contributed by atoms with van der Waals surface area (Å²) in [7, 11) is -3.35. The minimum Gasteiger partial charge on any atom is -0.476 e. The van der Waals surface area contributed by atoms with Gasteiger partial charge in [-0.2, -0.15) is 0 Å². The summed E-state index contributed by atoms with van der Waals surface area (Å²) in [5.74, 6) is -0.976. The normalized spacial score (nSPS) is 18.7. The van der Waals surface area contributed by atoms with E-state index in [-0.39, 0.29) is 27.9 Å². The molecule has 0 bridgehead atoms. The lowest BCUT2D eigenvalue weighted by molar-refractivity contribution is 0.0693. The third-order valence-electron chi connectivity index (χ3n) is 3.89. The Morgan fingerprint density at radius 3 is 2.80 bits per heavy atom. The minimum atomic E-state index is -3.35. The lowest BCUT2D eigenvalue weighted by Gasteiger charge is -2.34. The molecule has 0 radical (unpaired) electrons. The second-order valence-electron chi connectivity index (χ2n) is 5.99. The summed E-state index contributed by atoms with van der Waals surface area (Å²) in [6, 6.07) is 1.70. The van der Waals surface area contributed by atoms with Crippen LogP contribution in [0.1, 0.15) is 23.1 Å². The van der Waals surface area contributed by atoms with Gasteiger partial charge in [0.15, 0.2) is 25.9 Å². The predicted molar refractivity (Wildman–Crippen MR) is 93.8 cm³/mol. The first-order valence-electron chi connectivity index (χ1n) is 7.50. The van der Waals surface area contributed by atoms with Gasteiger partial charge in [-0.1, -0.05) is 0 Å². The van der Waals surface area contributed by atoms with Gasteiger partial charge < -0.3 is 14.7 Å². The number of halogens is 1. The molecule has 1 atom stereocenters. The van der Waals surface area contributed by atoms with Crippen molar-refractivity contribution in [2.24, 2.45) is 0 Å². The quantitative estimate of drug-likeness (QED) is 0.759. The molecular weight excluding hydrogens is 416 g/mol. The lowest BCUT2D eigenvalue weighted by atomic mass is 10.2. The van der Waals surface area contributed by atoms with Crippen molar-refractivity contribution in [3.63, 3.8) is 0 Å². The highest BCUT2D eigenvalue weighted by Gasteiger charge is 2.26. The fourth-order valence-electron chi connectivity index (χ4n) is 2.83. The molecule has 9 nitrogen and oxygen atoms in total. The van der Waals surface area contributed by atoms with E-state index in [1.807, 2.05) is 11.8 Å². The van der Waals surface area contributed by atoms with Crippen molar-refractivity contribution in [3.05, 3.63) is 22.2 Å². The highest BCUT2D eigenvalue weighted by atomic mass is 79.9. The van der Waals surface area contributed by atoms with E-state index in [0.717, 1.165) is 6.26 Å². The molecule has 1 aliphatic heterocycles. The number of carbonyl (C=O) groups is 1. The molecule has 1 N–H and O–H groups in total. The van der Waals surface area contributed by atoms with Crippen LogP contribution < -0.4 is 4.90 Å². The molecule has 11 heteroatoms. The van der Waals surface area contributed by atoms with Gasteiger partial charge in [-0.15, -0.1) is 0 Å². The first-order chi connectivity index (χ1) is 11.7. The Bertz CT molecular complexity index is 942. The summed E-state index contributed by atoms with van der Waals surface area (Å²) in [6.45, 7) is 3.59. The van der Waals surface area contributed by atoms with E-state index in [1.165, 1.54) is 4.40 Å². The van der Waals surface area contributed by atoms with E-state index >= 15 is 0 Å². The van der Waals surface area contributed by atoms with Crippen molar-refractivity contribution in [2.75, 3.05) is 30.9 Å². The summed E-state index contributed by atoms with van der Waals surface area (Å²) in [5.41, 5.74) is 0.270. The average molecular weight is 433 g/mol. The molecule has 2 aromatic heterocycles. The van der Waals surface area contributed by atoms with E-state index in [9.17, 15) is 18.3 Å². The minimum absolute atomic E-state index is 0.0365. The summed E-state index contributed by atoms with van der Waals surface area (Å²) >= 11 is 3.20. The van der Waals surface area contributed by atoms with Gasteiger partial charge in [-0.25, -0.2) is 23.2 Å². The van der Waals surface area contributed by atoms with Crippen LogP contribution in [0, 0.1) is 0 Å². The van der Waals surface area contributed by atoms with Gasteiger partial charge in [-0.3, -0.25) is 4.40 Å². The SMILES string of the molecule is CC1COCCN1c1cc(CS(C)(=O)=O)n2c(Br)nc(C(=O)O)c2n1. The van der Waals surface area contributed by atoms with Crippen LogP contribution in [0.4, 0.5) is 5.82 Å². The Morgan fingerprint density at radius 1 is 1.48 bits per heavy atom. The maximum absolute atomic E-state index is 11.8. The maximum atomic E-state index is 11.8. The van der Waals surface area contributed by atoms with Gasteiger partial charge in [0.2, 0.25) is 0 Å². The van der Waals surface area contributed by atoms with Crippen LogP contribution in [0.2, 0.25) is 0 Å². The smallest absolute Gasteiger partial charge is 0.358 e. The Balaban J connectivity index is 2.25. The second kappa shape index (κ2) is 6.54. The molecule has 0 saturated carbocycles. The second-order valence-corrected chi connectivity index (χ2v) is 8.84. The number of ether oxygens (including phenoxy) is 1. The van der Waals surface area contributed by atoms with Gasteiger partial charge in [0.05, 0.1) is 25.0 Å². The van der Waals surface area contributed by atoms with Crippen molar-refractivity contribution < 1.29 is 23.1 Å². The molecule has 0 amide bonds. The fraction of sp³-hybridized carbons (Fsp3) is 0.500. The molecule has 1 aliphatic rings. The van der Waals surface area contributed by atoms with Crippen molar-refractivity contribution in [1.29, 1.82) is 0 Å².